The minimum absolute atomic E-state index is 0.323. The van der Waals surface area contributed by atoms with Crippen LogP contribution in [0, 0.1) is 5.92 Å². The van der Waals surface area contributed by atoms with Crippen molar-refractivity contribution in [2.24, 2.45) is 5.92 Å². The van der Waals surface area contributed by atoms with Gasteiger partial charge in [-0.2, -0.15) is 0 Å². The first-order valence-electron chi connectivity index (χ1n) is 8.27. The second kappa shape index (κ2) is 14.1. The molecule has 0 heterocycles. The maximum Gasteiger partial charge on any atom is 0.315 e. The van der Waals surface area contributed by atoms with E-state index >= 15 is 0 Å². The Morgan fingerprint density at radius 3 is 2.19 bits per heavy atom. The molecule has 4 heteroatoms. The van der Waals surface area contributed by atoms with Crippen LogP contribution in [0.5, 0.6) is 0 Å². The fourth-order valence-electron chi connectivity index (χ4n) is 2.28. The topological polar surface area (TPSA) is 66.8 Å². The molecule has 0 aromatic rings. The van der Waals surface area contributed by atoms with E-state index in [1.165, 1.54) is 38.5 Å². The minimum Gasteiger partial charge on any atom is -0.433 e. The summed E-state index contributed by atoms with van der Waals surface area (Å²) in [5.74, 6) is -0.783. The predicted molar refractivity (Wildman–Crippen MR) is 84.7 cm³/mol. The van der Waals surface area contributed by atoms with Gasteiger partial charge in [-0.25, -0.2) is 0 Å². The summed E-state index contributed by atoms with van der Waals surface area (Å²) in [5.41, 5.74) is 0. The van der Waals surface area contributed by atoms with Gasteiger partial charge < -0.3 is 14.9 Å². The van der Waals surface area contributed by atoms with Crippen molar-refractivity contribution in [3.8, 4) is 0 Å². The van der Waals surface area contributed by atoms with E-state index in [1.54, 1.807) is 6.08 Å². The van der Waals surface area contributed by atoms with E-state index in [9.17, 15) is 4.79 Å². The fraction of sp³-hybridized carbons (Fsp3) is 0.824. The van der Waals surface area contributed by atoms with Crippen molar-refractivity contribution in [2.75, 3.05) is 6.61 Å². The number of aliphatic hydroxyl groups excluding tert-OH is 2. The smallest absolute Gasteiger partial charge is 0.315 e. The van der Waals surface area contributed by atoms with Gasteiger partial charge in [-0.3, -0.25) is 4.79 Å². The molecule has 0 amide bonds. The first-order valence-corrected chi connectivity index (χ1v) is 8.27. The highest BCUT2D eigenvalue weighted by molar-refractivity contribution is 5.74. The van der Waals surface area contributed by atoms with Crippen LogP contribution in [0.4, 0.5) is 0 Å². The molecule has 0 saturated carbocycles. The summed E-state index contributed by atoms with van der Waals surface area (Å²) in [7, 11) is 0. The van der Waals surface area contributed by atoms with Gasteiger partial charge in [-0.1, -0.05) is 70.4 Å². The van der Waals surface area contributed by atoms with E-state index in [2.05, 4.69) is 6.92 Å². The van der Waals surface area contributed by atoms with Gasteiger partial charge >= 0.3 is 5.97 Å². The van der Waals surface area contributed by atoms with Crippen LogP contribution in [0.3, 0.4) is 0 Å². The highest BCUT2D eigenvalue weighted by atomic mass is 16.6. The molecule has 0 rings (SSSR count). The third-order valence-corrected chi connectivity index (χ3v) is 3.50. The number of unbranched alkanes of at least 4 members (excludes halogenated alkanes) is 7. The van der Waals surface area contributed by atoms with Crippen molar-refractivity contribution in [1.29, 1.82) is 0 Å². The van der Waals surface area contributed by atoms with Crippen molar-refractivity contribution in [2.45, 2.75) is 77.9 Å². The highest BCUT2D eigenvalue weighted by Crippen LogP contribution is 2.16. The quantitative estimate of drug-likeness (QED) is 0.236. The summed E-state index contributed by atoms with van der Waals surface area (Å²) >= 11 is 0. The lowest BCUT2D eigenvalue weighted by Gasteiger charge is -2.15. The molecule has 0 spiro atoms. The van der Waals surface area contributed by atoms with Crippen LogP contribution < -0.4 is 0 Å². The average Bonchev–Trinajstić information content (AvgIpc) is 2.48. The Hall–Kier alpha value is -0.870. The molecule has 0 aliphatic heterocycles. The molecule has 0 aliphatic rings. The van der Waals surface area contributed by atoms with Crippen molar-refractivity contribution < 1.29 is 19.7 Å². The number of aliphatic hydroxyl groups is 2. The van der Waals surface area contributed by atoms with Crippen LogP contribution in [-0.2, 0) is 9.53 Å². The Balaban J connectivity index is 3.81. The molecule has 0 aliphatic carbocycles. The maximum atomic E-state index is 11.8. The van der Waals surface area contributed by atoms with Crippen molar-refractivity contribution >= 4 is 5.97 Å². The van der Waals surface area contributed by atoms with E-state index in [1.807, 2.05) is 13.0 Å². The molecular formula is C17H32O4. The monoisotopic (exact) mass is 300 g/mol. The fourth-order valence-corrected chi connectivity index (χ4v) is 2.28. The lowest BCUT2D eigenvalue weighted by atomic mass is 9.99. The van der Waals surface area contributed by atoms with Gasteiger partial charge in [0.15, 0.2) is 0 Å². The van der Waals surface area contributed by atoms with Crippen LogP contribution in [0.2, 0.25) is 0 Å². The van der Waals surface area contributed by atoms with Gasteiger partial charge in [-0.05, 0) is 13.3 Å². The van der Waals surface area contributed by atoms with Gasteiger partial charge in [0.1, 0.15) is 6.61 Å². The van der Waals surface area contributed by atoms with E-state index < -0.39 is 18.9 Å². The first-order chi connectivity index (χ1) is 10.2. The van der Waals surface area contributed by atoms with E-state index in [4.69, 9.17) is 14.9 Å². The summed E-state index contributed by atoms with van der Waals surface area (Å²) in [4.78, 5) is 11.8. The molecule has 2 N–H and O–H groups in total. The van der Waals surface area contributed by atoms with E-state index in [0.29, 0.717) is 0 Å². The third kappa shape index (κ3) is 11.5. The summed E-state index contributed by atoms with van der Waals surface area (Å²) < 4.78 is 4.75. The Bertz CT molecular complexity index is 276. The summed E-state index contributed by atoms with van der Waals surface area (Å²) in [5, 5.41) is 17.8. The summed E-state index contributed by atoms with van der Waals surface area (Å²) in [6.07, 6.45) is 12.7. The zero-order valence-electron chi connectivity index (χ0n) is 13.6. The predicted octanol–water partition coefficient (Wildman–Crippen LogP) is 3.56. The number of ether oxygens (including phenoxy) is 1. The largest absolute Gasteiger partial charge is 0.433 e. The van der Waals surface area contributed by atoms with Gasteiger partial charge in [0, 0.05) is 0 Å². The van der Waals surface area contributed by atoms with Crippen LogP contribution in [0.15, 0.2) is 12.2 Å². The number of hydrogen-bond donors (Lipinski definition) is 2. The standard InChI is InChI=1S/C17H32O4/c1-3-5-6-7-8-9-10-11-13-15(12-4-2)17(20)21-16(19)14-18/h4,12,15-16,18-19H,3,5-11,13-14H2,1-2H3/b12-4+. The summed E-state index contributed by atoms with van der Waals surface area (Å²) in [6.45, 7) is 3.51. The Morgan fingerprint density at radius 1 is 1.10 bits per heavy atom. The highest BCUT2D eigenvalue weighted by Gasteiger charge is 2.19. The molecule has 0 bridgehead atoms. The molecule has 2 atom stereocenters. The molecule has 0 radical (unpaired) electrons. The normalized spacial score (nSPS) is 14.3. The molecule has 21 heavy (non-hydrogen) atoms. The molecule has 4 nitrogen and oxygen atoms in total. The molecule has 0 aromatic heterocycles. The molecule has 0 fully saturated rings. The second-order valence-corrected chi connectivity index (χ2v) is 5.47. The van der Waals surface area contributed by atoms with Gasteiger partial charge in [0.05, 0.1) is 5.92 Å². The molecule has 2 unspecified atom stereocenters. The van der Waals surface area contributed by atoms with Crippen molar-refractivity contribution in [3.63, 3.8) is 0 Å². The maximum absolute atomic E-state index is 11.8. The molecule has 0 aromatic carbocycles. The van der Waals surface area contributed by atoms with Crippen LogP contribution in [-0.4, -0.2) is 29.1 Å². The number of carbonyl (C=O) groups is 1. The van der Waals surface area contributed by atoms with Gasteiger partial charge in [-0.15, -0.1) is 0 Å². The van der Waals surface area contributed by atoms with Gasteiger partial charge in [0.2, 0.25) is 6.29 Å². The SMILES string of the molecule is C/C=C/C(CCCCCCCCCC)C(=O)OC(O)CO. The number of rotatable bonds is 13. The molecule has 124 valence electrons. The second-order valence-electron chi connectivity index (χ2n) is 5.47. The van der Waals surface area contributed by atoms with Crippen molar-refractivity contribution in [3.05, 3.63) is 12.2 Å². The number of hydrogen-bond acceptors (Lipinski definition) is 4. The number of carbonyl (C=O) groups excluding carboxylic acids is 1. The lowest BCUT2D eigenvalue weighted by molar-refractivity contribution is -0.177. The Kier molecular flexibility index (Phi) is 13.5. The first kappa shape index (κ1) is 20.1. The lowest BCUT2D eigenvalue weighted by Crippen LogP contribution is -2.25. The number of esters is 1. The average molecular weight is 300 g/mol. The zero-order chi connectivity index (χ0) is 15.9. The van der Waals surface area contributed by atoms with Crippen LogP contribution >= 0.6 is 0 Å². The van der Waals surface area contributed by atoms with E-state index in [-0.39, 0.29) is 5.92 Å². The van der Waals surface area contributed by atoms with Gasteiger partial charge in [0.25, 0.3) is 0 Å². The van der Waals surface area contributed by atoms with Crippen LogP contribution in [0.25, 0.3) is 0 Å². The zero-order valence-corrected chi connectivity index (χ0v) is 13.6. The Morgan fingerprint density at radius 2 is 1.67 bits per heavy atom. The third-order valence-electron chi connectivity index (χ3n) is 3.50. The molecular weight excluding hydrogens is 268 g/mol. The minimum atomic E-state index is -1.41. The molecule has 0 saturated heterocycles. The Labute approximate surface area is 129 Å². The van der Waals surface area contributed by atoms with E-state index in [0.717, 1.165) is 19.3 Å². The number of allylic oxidation sites excluding steroid dienone is 1. The van der Waals surface area contributed by atoms with Crippen molar-refractivity contribution in [1.82, 2.24) is 0 Å². The van der Waals surface area contributed by atoms with Crippen LogP contribution in [0.1, 0.15) is 71.6 Å². The summed E-state index contributed by atoms with van der Waals surface area (Å²) in [6, 6.07) is 0.